The fourth-order valence-corrected chi connectivity index (χ4v) is 5.54. The second-order valence-corrected chi connectivity index (χ2v) is 12.0. The molecule has 1 saturated heterocycles. The monoisotopic (exact) mass is 571 g/mol. The Morgan fingerprint density at radius 2 is 1.50 bits per heavy atom. The molecule has 2 amide bonds. The third kappa shape index (κ3) is 6.62. The second kappa shape index (κ2) is 10.7. The summed E-state index contributed by atoms with van der Waals surface area (Å²) in [5.41, 5.74) is -3.15. The molecule has 2 aromatic carbocycles. The maximum absolute atomic E-state index is 14.0. The maximum Gasteiger partial charge on any atom is 0.416 e. The summed E-state index contributed by atoms with van der Waals surface area (Å²) >= 11 is 0. The number of amides is 2. The first-order valence-corrected chi connectivity index (χ1v) is 12.8. The van der Waals surface area contributed by atoms with Gasteiger partial charge >= 0.3 is 12.4 Å². The molecule has 1 unspecified atom stereocenters. The molecule has 1 fully saturated rings. The number of rotatable bonds is 6. The molecule has 1 aliphatic heterocycles. The van der Waals surface area contributed by atoms with E-state index in [2.05, 4.69) is 5.32 Å². The Balaban J connectivity index is 2.11. The van der Waals surface area contributed by atoms with Crippen LogP contribution in [0.5, 0.6) is 0 Å². The molecule has 3 rings (SSSR count). The molecule has 0 aromatic heterocycles. The van der Waals surface area contributed by atoms with Crippen LogP contribution in [-0.4, -0.2) is 43.4 Å². The number of para-hydroxylation sites is 1. The van der Waals surface area contributed by atoms with E-state index >= 15 is 0 Å². The number of carbonyl (C=O) groups excluding carboxylic acids is 2. The normalized spacial score (nSPS) is 20.4. The molecule has 1 N–H and O–H groups in total. The Morgan fingerprint density at radius 1 is 1.00 bits per heavy atom. The van der Waals surface area contributed by atoms with Crippen molar-refractivity contribution in [1.29, 1.82) is 0 Å². The van der Waals surface area contributed by atoms with Gasteiger partial charge in [0.05, 0.1) is 22.5 Å². The summed E-state index contributed by atoms with van der Waals surface area (Å²) in [7, 11) is 1.77. The lowest BCUT2D eigenvalue weighted by atomic mass is 9.76. The summed E-state index contributed by atoms with van der Waals surface area (Å²) in [6.45, 7) is 11.7. The van der Waals surface area contributed by atoms with Crippen LogP contribution >= 0.6 is 0 Å². The highest BCUT2D eigenvalue weighted by atomic mass is 19.4. The number of anilines is 2. The molecule has 40 heavy (non-hydrogen) atoms. The van der Waals surface area contributed by atoms with E-state index < -0.39 is 46.4 Å². The minimum absolute atomic E-state index is 0.00689. The number of nitrogens with zero attached hydrogens (tertiary/aromatic N) is 2. The van der Waals surface area contributed by atoms with Gasteiger partial charge in [-0.05, 0) is 55.6 Å². The number of carbonyl (C=O) groups is 2. The van der Waals surface area contributed by atoms with E-state index in [-0.39, 0.29) is 30.5 Å². The second-order valence-electron chi connectivity index (χ2n) is 12.0. The molecule has 2 atom stereocenters. The van der Waals surface area contributed by atoms with Crippen LogP contribution in [0.15, 0.2) is 36.4 Å². The number of halogens is 6. The van der Waals surface area contributed by atoms with E-state index in [0.29, 0.717) is 24.4 Å². The van der Waals surface area contributed by atoms with Crippen LogP contribution in [-0.2, 0) is 21.9 Å². The van der Waals surface area contributed by atoms with Crippen LogP contribution in [0.25, 0.3) is 0 Å². The van der Waals surface area contributed by atoms with Crippen LogP contribution < -0.4 is 10.2 Å². The van der Waals surface area contributed by atoms with Gasteiger partial charge in [-0.1, -0.05) is 45.9 Å². The fourth-order valence-electron chi connectivity index (χ4n) is 5.54. The third-order valence-corrected chi connectivity index (χ3v) is 7.21. The largest absolute Gasteiger partial charge is 0.416 e. The van der Waals surface area contributed by atoms with E-state index in [0.717, 1.165) is 11.1 Å². The van der Waals surface area contributed by atoms with Crippen molar-refractivity contribution in [3.63, 3.8) is 0 Å². The molecular formula is C29H35F6N3O2. The van der Waals surface area contributed by atoms with Crippen LogP contribution in [0.3, 0.4) is 0 Å². The molecule has 0 aliphatic carbocycles. The predicted octanol–water partition coefficient (Wildman–Crippen LogP) is 6.93. The number of alkyl halides is 6. The Morgan fingerprint density at radius 3 is 1.95 bits per heavy atom. The Bertz CT molecular complexity index is 1230. The predicted molar refractivity (Wildman–Crippen MR) is 142 cm³/mol. The van der Waals surface area contributed by atoms with E-state index in [1.54, 1.807) is 14.0 Å². The first kappa shape index (κ1) is 31.4. The minimum atomic E-state index is -5.07. The van der Waals surface area contributed by atoms with Gasteiger partial charge in [-0.3, -0.25) is 9.59 Å². The molecule has 0 radical (unpaired) electrons. The highest BCUT2D eigenvalue weighted by Gasteiger charge is 2.56. The first-order valence-electron chi connectivity index (χ1n) is 12.8. The Hall–Kier alpha value is -3.08. The summed E-state index contributed by atoms with van der Waals surface area (Å²) < 4.78 is 80.8. The van der Waals surface area contributed by atoms with Gasteiger partial charge in [0.25, 0.3) is 0 Å². The van der Waals surface area contributed by atoms with Crippen molar-refractivity contribution in [3.8, 4) is 0 Å². The van der Waals surface area contributed by atoms with Crippen molar-refractivity contribution in [1.82, 2.24) is 4.90 Å². The fraction of sp³-hybridized carbons (Fsp3) is 0.517. The highest BCUT2D eigenvalue weighted by molar-refractivity contribution is 6.08. The number of aryl methyl sites for hydroxylation is 2. The van der Waals surface area contributed by atoms with Crippen LogP contribution in [0.4, 0.5) is 37.7 Å². The van der Waals surface area contributed by atoms with Gasteiger partial charge in [0.15, 0.2) is 0 Å². The molecule has 2 aromatic rings. The zero-order valence-electron chi connectivity index (χ0n) is 23.6. The van der Waals surface area contributed by atoms with Crippen LogP contribution in [0.1, 0.15) is 49.9 Å². The van der Waals surface area contributed by atoms with Gasteiger partial charge in [0, 0.05) is 31.0 Å². The number of hydrogen-bond acceptors (Lipinski definition) is 3. The van der Waals surface area contributed by atoms with Crippen molar-refractivity contribution in [2.45, 2.75) is 53.9 Å². The number of hydrogen-bond donors (Lipinski definition) is 1. The Kier molecular flexibility index (Phi) is 8.43. The van der Waals surface area contributed by atoms with E-state index in [1.165, 1.54) is 4.90 Å². The zero-order valence-corrected chi connectivity index (χ0v) is 23.6. The maximum atomic E-state index is 14.0. The lowest BCUT2D eigenvalue weighted by Crippen LogP contribution is -2.51. The molecule has 1 aliphatic rings. The lowest BCUT2D eigenvalue weighted by molar-refractivity contribution is -0.143. The molecule has 220 valence electrons. The highest BCUT2D eigenvalue weighted by Crippen LogP contribution is 2.44. The molecule has 11 heteroatoms. The lowest BCUT2D eigenvalue weighted by Gasteiger charge is -2.37. The molecule has 0 spiro atoms. The van der Waals surface area contributed by atoms with Gasteiger partial charge in [-0.25, -0.2) is 0 Å². The van der Waals surface area contributed by atoms with Crippen molar-refractivity contribution >= 4 is 23.2 Å². The summed E-state index contributed by atoms with van der Waals surface area (Å²) in [5, 5.41) is 2.33. The quantitative estimate of drug-likeness (QED) is 0.383. The van der Waals surface area contributed by atoms with Gasteiger partial charge in [-0.2, -0.15) is 26.3 Å². The summed E-state index contributed by atoms with van der Waals surface area (Å²) in [5.74, 6) is -2.09. The number of nitrogens with one attached hydrogen (secondary N) is 1. The molecule has 0 saturated carbocycles. The standard InChI is InChI=1S/C29H35F6N3O2/c1-17-9-8-10-18(2)23(17)38-16-27(19(3)24(38)39,15-37(7)14-26(4,5)6)25(40)36-22-12-20(28(30,31)32)11-21(13-22)29(33,34)35/h8-13,19H,14-16H2,1-7H3,(H,36,40)/t19?,27-/m1/s1. The molecule has 1 heterocycles. The van der Waals surface area contributed by atoms with Gasteiger partial charge < -0.3 is 15.1 Å². The van der Waals surface area contributed by atoms with Crippen molar-refractivity contribution in [3.05, 3.63) is 58.7 Å². The number of benzene rings is 2. The summed E-state index contributed by atoms with van der Waals surface area (Å²) in [4.78, 5) is 31.0. The zero-order chi connectivity index (χ0) is 30.4. The summed E-state index contributed by atoms with van der Waals surface area (Å²) in [6, 6.07) is 6.45. The van der Waals surface area contributed by atoms with E-state index in [1.807, 2.05) is 57.7 Å². The van der Waals surface area contributed by atoms with Crippen molar-refractivity contribution in [2.75, 3.05) is 36.9 Å². The molecule has 0 bridgehead atoms. The average Bonchev–Trinajstić information content (AvgIpc) is 3.02. The molecular weight excluding hydrogens is 536 g/mol. The van der Waals surface area contributed by atoms with Gasteiger partial charge in [0.1, 0.15) is 0 Å². The van der Waals surface area contributed by atoms with Crippen molar-refractivity contribution < 1.29 is 35.9 Å². The smallest absolute Gasteiger partial charge is 0.325 e. The third-order valence-electron chi connectivity index (χ3n) is 7.21. The molecule has 5 nitrogen and oxygen atoms in total. The topological polar surface area (TPSA) is 52.6 Å². The van der Waals surface area contributed by atoms with E-state index in [9.17, 15) is 35.9 Å². The van der Waals surface area contributed by atoms with Gasteiger partial charge in [-0.15, -0.1) is 0 Å². The summed E-state index contributed by atoms with van der Waals surface area (Å²) in [6.07, 6.45) is -10.1. The van der Waals surface area contributed by atoms with Crippen LogP contribution in [0, 0.1) is 30.6 Å². The van der Waals surface area contributed by atoms with E-state index in [4.69, 9.17) is 0 Å². The van der Waals surface area contributed by atoms with Crippen LogP contribution in [0.2, 0.25) is 0 Å². The van der Waals surface area contributed by atoms with Gasteiger partial charge in [0.2, 0.25) is 11.8 Å². The van der Waals surface area contributed by atoms with Crippen molar-refractivity contribution in [2.24, 2.45) is 16.7 Å². The Labute approximate surface area is 230 Å². The average molecular weight is 572 g/mol. The SMILES string of the molecule is Cc1cccc(C)c1N1C[C@@](CN(C)CC(C)(C)C)(C(=O)Nc2cc(C(F)(F)F)cc(C(F)(F)F)c2)C(C)C1=O. The minimum Gasteiger partial charge on any atom is -0.325 e. The first-order chi connectivity index (χ1) is 18.2.